The minimum atomic E-state index is -3.11. The van der Waals surface area contributed by atoms with Crippen LogP contribution >= 0.6 is 0 Å². The van der Waals surface area contributed by atoms with E-state index in [1.165, 1.54) is 6.07 Å². The van der Waals surface area contributed by atoms with E-state index in [-0.39, 0.29) is 29.6 Å². The summed E-state index contributed by atoms with van der Waals surface area (Å²) in [6, 6.07) is 7.26. The maximum absolute atomic E-state index is 13.9. The maximum Gasteiger partial charge on any atom is 0.213 e. The number of nitrogens with one attached hydrogen (secondary N) is 2. The van der Waals surface area contributed by atoms with Gasteiger partial charge >= 0.3 is 0 Å². The molecule has 144 valence electrons. The number of hydrogen-bond acceptors (Lipinski definition) is 3. The molecule has 0 radical (unpaired) electrons. The highest BCUT2D eigenvalue weighted by Gasteiger charge is 2.40. The second kappa shape index (κ2) is 7.92. The standard InChI is InChI=1S/C18H27FN4O2S/c1-3-26(24,25)23-10-8-13(9-11-23)21-18(20-2)22-17-12-15(17)14-6-4-5-7-16(14)19/h4-7,13,15,17H,3,8-12H2,1-2H3,(H2,20,21,22). The zero-order valence-electron chi connectivity index (χ0n) is 15.3. The lowest BCUT2D eigenvalue weighted by Crippen LogP contribution is -2.50. The molecule has 0 amide bonds. The Morgan fingerprint density at radius 2 is 1.96 bits per heavy atom. The fourth-order valence-electron chi connectivity index (χ4n) is 3.47. The van der Waals surface area contributed by atoms with E-state index in [2.05, 4.69) is 15.6 Å². The van der Waals surface area contributed by atoms with Crippen molar-refractivity contribution < 1.29 is 12.8 Å². The molecule has 2 aliphatic rings. The average Bonchev–Trinajstić information content (AvgIpc) is 3.41. The molecule has 1 saturated heterocycles. The van der Waals surface area contributed by atoms with Crippen molar-refractivity contribution >= 4 is 16.0 Å². The third kappa shape index (κ3) is 4.35. The fraction of sp³-hybridized carbons (Fsp3) is 0.611. The van der Waals surface area contributed by atoms with E-state index in [9.17, 15) is 12.8 Å². The van der Waals surface area contributed by atoms with Gasteiger partial charge in [0.05, 0.1) is 5.75 Å². The van der Waals surface area contributed by atoms with Crippen LogP contribution in [0.2, 0.25) is 0 Å². The van der Waals surface area contributed by atoms with Crippen molar-refractivity contribution in [2.24, 2.45) is 4.99 Å². The number of sulfonamides is 1. The molecule has 1 heterocycles. The summed E-state index contributed by atoms with van der Waals surface area (Å²) in [4.78, 5) is 4.27. The SMILES string of the molecule is CCS(=O)(=O)N1CCC(NC(=NC)NC2CC2c2ccccc2F)CC1. The van der Waals surface area contributed by atoms with Crippen molar-refractivity contribution in [3.63, 3.8) is 0 Å². The molecule has 2 atom stereocenters. The minimum absolute atomic E-state index is 0.146. The van der Waals surface area contributed by atoms with Crippen LogP contribution in [0.25, 0.3) is 0 Å². The highest BCUT2D eigenvalue weighted by Crippen LogP contribution is 2.41. The maximum atomic E-state index is 13.9. The van der Waals surface area contributed by atoms with E-state index >= 15 is 0 Å². The molecule has 0 aromatic heterocycles. The average molecular weight is 383 g/mol. The highest BCUT2D eigenvalue weighted by atomic mass is 32.2. The van der Waals surface area contributed by atoms with Crippen LogP contribution in [-0.4, -0.2) is 56.7 Å². The number of guanidine groups is 1. The molecule has 2 fully saturated rings. The van der Waals surface area contributed by atoms with Gasteiger partial charge in [0.1, 0.15) is 5.82 Å². The first kappa shape index (κ1) is 19.1. The Balaban J connectivity index is 1.49. The smallest absolute Gasteiger partial charge is 0.213 e. The number of piperidine rings is 1. The quantitative estimate of drug-likeness (QED) is 0.600. The van der Waals surface area contributed by atoms with Gasteiger partial charge in [0, 0.05) is 38.1 Å². The van der Waals surface area contributed by atoms with Crippen LogP contribution in [0.4, 0.5) is 4.39 Å². The summed E-state index contributed by atoms with van der Waals surface area (Å²) in [7, 11) is -1.39. The normalized spacial score (nSPS) is 25.1. The van der Waals surface area contributed by atoms with Gasteiger partial charge in [-0.1, -0.05) is 18.2 Å². The second-order valence-corrected chi connectivity index (χ2v) is 9.16. The zero-order chi connectivity index (χ0) is 18.7. The first-order valence-corrected chi connectivity index (χ1v) is 10.8. The molecule has 2 unspecified atom stereocenters. The lowest BCUT2D eigenvalue weighted by atomic mass is 10.1. The van der Waals surface area contributed by atoms with Crippen LogP contribution in [0.5, 0.6) is 0 Å². The summed E-state index contributed by atoms with van der Waals surface area (Å²) in [6.45, 7) is 2.74. The monoisotopic (exact) mass is 382 g/mol. The number of aliphatic imine (C=N–C) groups is 1. The fourth-order valence-corrected chi connectivity index (χ4v) is 4.61. The van der Waals surface area contributed by atoms with E-state index in [1.54, 1.807) is 24.3 Å². The van der Waals surface area contributed by atoms with Crippen LogP contribution < -0.4 is 10.6 Å². The number of benzene rings is 1. The minimum Gasteiger partial charge on any atom is -0.354 e. The van der Waals surface area contributed by atoms with Crippen LogP contribution in [-0.2, 0) is 10.0 Å². The van der Waals surface area contributed by atoms with Crippen LogP contribution in [0, 0.1) is 5.82 Å². The molecule has 1 aliphatic heterocycles. The first-order chi connectivity index (χ1) is 12.4. The number of hydrogen-bond donors (Lipinski definition) is 2. The number of rotatable bonds is 5. The third-order valence-corrected chi connectivity index (χ3v) is 7.08. The van der Waals surface area contributed by atoms with Gasteiger partial charge in [0.2, 0.25) is 10.0 Å². The summed E-state index contributed by atoms with van der Waals surface area (Å²) in [6.07, 6.45) is 2.39. The van der Waals surface area contributed by atoms with Crippen molar-refractivity contribution in [2.75, 3.05) is 25.9 Å². The van der Waals surface area contributed by atoms with Gasteiger partial charge in [-0.25, -0.2) is 17.1 Å². The number of nitrogens with zero attached hydrogens (tertiary/aromatic N) is 2. The zero-order valence-corrected chi connectivity index (χ0v) is 16.1. The summed E-state index contributed by atoms with van der Waals surface area (Å²) < 4.78 is 39.3. The molecule has 1 aromatic carbocycles. The van der Waals surface area contributed by atoms with E-state index in [0.29, 0.717) is 19.0 Å². The van der Waals surface area contributed by atoms with Crippen molar-refractivity contribution in [1.82, 2.24) is 14.9 Å². The molecule has 2 N–H and O–H groups in total. The van der Waals surface area contributed by atoms with Gasteiger partial charge in [0.15, 0.2) is 5.96 Å². The predicted octanol–water partition coefficient (Wildman–Crippen LogP) is 1.66. The number of halogens is 1. The van der Waals surface area contributed by atoms with E-state index in [1.807, 2.05) is 12.1 Å². The summed E-state index contributed by atoms with van der Waals surface area (Å²) in [5.74, 6) is 0.860. The summed E-state index contributed by atoms with van der Waals surface area (Å²) in [5, 5.41) is 6.73. The van der Waals surface area contributed by atoms with Gasteiger partial charge in [-0.05, 0) is 37.8 Å². The molecular formula is C18H27FN4O2S. The first-order valence-electron chi connectivity index (χ1n) is 9.16. The van der Waals surface area contributed by atoms with E-state index in [0.717, 1.165) is 24.8 Å². The van der Waals surface area contributed by atoms with E-state index in [4.69, 9.17) is 0 Å². The molecule has 1 aliphatic carbocycles. The second-order valence-electron chi connectivity index (χ2n) is 6.90. The lowest BCUT2D eigenvalue weighted by molar-refractivity contribution is 0.306. The Morgan fingerprint density at radius 3 is 2.58 bits per heavy atom. The molecule has 6 nitrogen and oxygen atoms in total. The van der Waals surface area contributed by atoms with Gasteiger partial charge < -0.3 is 10.6 Å². The van der Waals surface area contributed by atoms with Crippen LogP contribution in [0.1, 0.15) is 37.7 Å². The van der Waals surface area contributed by atoms with Crippen molar-refractivity contribution in [1.29, 1.82) is 0 Å². The van der Waals surface area contributed by atoms with Crippen molar-refractivity contribution in [3.8, 4) is 0 Å². The molecule has 0 bridgehead atoms. The Hall–Kier alpha value is -1.67. The molecule has 1 saturated carbocycles. The largest absolute Gasteiger partial charge is 0.354 e. The molecule has 0 spiro atoms. The highest BCUT2D eigenvalue weighted by molar-refractivity contribution is 7.89. The van der Waals surface area contributed by atoms with Crippen LogP contribution in [0.3, 0.4) is 0 Å². The molecule has 1 aromatic rings. The lowest BCUT2D eigenvalue weighted by Gasteiger charge is -2.32. The Morgan fingerprint density at radius 1 is 1.27 bits per heavy atom. The molecule has 8 heteroatoms. The van der Waals surface area contributed by atoms with Crippen molar-refractivity contribution in [2.45, 2.75) is 44.2 Å². The van der Waals surface area contributed by atoms with Crippen LogP contribution in [0.15, 0.2) is 29.3 Å². The molecular weight excluding hydrogens is 355 g/mol. The molecule has 3 rings (SSSR count). The predicted molar refractivity (Wildman–Crippen MR) is 101 cm³/mol. The van der Waals surface area contributed by atoms with Gasteiger partial charge in [-0.15, -0.1) is 0 Å². The topological polar surface area (TPSA) is 73.8 Å². The summed E-state index contributed by atoms with van der Waals surface area (Å²) in [5.41, 5.74) is 0.749. The van der Waals surface area contributed by atoms with Crippen molar-refractivity contribution in [3.05, 3.63) is 35.6 Å². The third-order valence-electron chi connectivity index (χ3n) is 5.19. The Labute approximate surface area is 154 Å². The summed E-state index contributed by atoms with van der Waals surface area (Å²) >= 11 is 0. The van der Waals surface area contributed by atoms with E-state index < -0.39 is 10.0 Å². The van der Waals surface area contributed by atoms with Gasteiger partial charge in [-0.3, -0.25) is 4.99 Å². The Bertz CT molecular complexity index is 760. The van der Waals surface area contributed by atoms with Gasteiger partial charge in [0.25, 0.3) is 0 Å². The Kier molecular flexibility index (Phi) is 5.82. The van der Waals surface area contributed by atoms with Gasteiger partial charge in [-0.2, -0.15) is 0 Å². The molecule has 26 heavy (non-hydrogen) atoms.